The Kier molecular flexibility index (Phi) is 4.88. The van der Waals surface area contributed by atoms with Gasteiger partial charge < -0.3 is 9.30 Å². The Hall–Kier alpha value is -2.48. The van der Waals surface area contributed by atoms with Crippen LogP contribution in [-0.2, 0) is 14.3 Å². The lowest BCUT2D eigenvalue weighted by atomic mass is 10.1. The fourth-order valence-corrected chi connectivity index (χ4v) is 3.04. The Morgan fingerprint density at radius 3 is 2.33 bits per heavy atom. The van der Waals surface area contributed by atoms with Crippen LogP contribution in [0.2, 0.25) is 0 Å². The molecule has 1 fully saturated rings. The number of ketones is 1. The first-order chi connectivity index (χ1) is 11.2. The van der Waals surface area contributed by atoms with Gasteiger partial charge in [0.1, 0.15) is 0 Å². The molecule has 1 atom stereocenters. The molecule has 8 nitrogen and oxygen atoms in total. The molecule has 1 aliphatic heterocycles. The summed E-state index contributed by atoms with van der Waals surface area (Å²) in [5, 5.41) is 0. The summed E-state index contributed by atoms with van der Waals surface area (Å²) < 4.78 is 7.12. The quantitative estimate of drug-likeness (QED) is 0.438. The van der Waals surface area contributed by atoms with Crippen molar-refractivity contribution >= 4 is 23.6 Å². The van der Waals surface area contributed by atoms with E-state index in [0.29, 0.717) is 22.0 Å². The van der Waals surface area contributed by atoms with Crippen LogP contribution in [0.15, 0.2) is 6.07 Å². The summed E-state index contributed by atoms with van der Waals surface area (Å²) in [6, 6.07) is 0.986. The van der Waals surface area contributed by atoms with Gasteiger partial charge in [-0.3, -0.25) is 19.3 Å². The van der Waals surface area contributed by atoms with E-state index in [1.54, 1.807) is 20.1 Å². The average Bonchev–Trinajstić information content (AvgIpc) is 2.92. The predicted molar refractivity (Wildman–Crippen MR) is 84.7 cm³/mol. The van der Waals surface area contributed by atoms with Gasteiger partial charge >= 0.3 is 17.8 Å². The highest BCUT2D eigenvalue weighted by atomic mass is 16.5. The van der Waals surface area contributed by atoms with Gasteiger partial charge in [0.2, 0.25) is 0 Å². The number of Topliss-reactive ketones (excluding diaryl/α,β-unsaturated/α-hetero) is 1. The van der Waals surface area contributed by atoms with Crippen molar-refractivity contribution in [3.8, 4) is 0 Å². The summed E-state index contributed by atoms with van der Waals surface area (Å²) >= 11 is 0. The number of carbonyl (C=O) groups is 4. The van der Waals surface area contributed by atoms with Crippen molar-refractivity contribution < 1.29 is 23.9 Å². The zero-order valence-electron chi connectivity index (χ0n) is 14.5. The van der Waals surface area contributed by atoms with Gasteiger partial charge in [0.25, 0.3) is 0 Å². The van der Waals surface area contributed by atoms with Crippen molar-refractivity contribution in [2.24, 2.45) is 0 Å². The Labute approximate surface area is 140 Å². The monoisotopic (exact) mass is 335 g/mol. The molecule has 1 aromatic rings. The third kappa shape index (κ3) is 2.84. The van der Waals surface area contributed by atoms with E-state index >= 15 is 0 Å². The molecule has 0 aromatic carbocycles. The van der Waals surface area contributed by atoms with Gasteiger partial charge in [0.15, 0.2) is 5.78 Å². The minimum atomic E-state index is -0.975. The maximum Gasteiger partial charge on any atom is 0.334 e. The molecule has 0 aliphatic carbocycles. The number of nitrogens with zero attached hydrogens (tertiary/aromatic N) is 3. The summed E-state index contributed by atoms with van der Waals surface area (Å²) in [6.45, 7) is 5.69. The molecule has 130 valence electrons. The predicted octanol–water partition coefficient (Wildman–Crippen LogP) is 0.916. The van der Waals surface area contributed by atoms with Crippen molar-refractivity contribution in [1.29, 1.82) is 0 Å². The van der Waals surface area contributed by atoms with Crippen LogP contribution in [0.5, 0.6) is 0 Å². The molecule has 0 radical (unpaired) electrons. The highest BCUT2D eigenvalue weighted by Crippen LogP contribution is 2.22. The minimum absolute atomic E-state index is 0.0410. The molecule has 8 heteroatoms. The first-order valence-corrected chi connectivity index (χ1v) is 7.54. The lowest BCUT2D eigenvalue weighted by Gasteiger charge is -2.18. The molecule has 24 heavy (non-hydrogen) atoms. The third-order valence-corrected chi connectivity index (χ3v) is 4.19. The number of aryl methyl sites for hydroxylation is 1. The Morgan fingerprint density at radius 1 is 1.21 bits per heavy atom. The number of ether oxygens (including phenoxy) is 1. The molecule has 0 unspecified atom stereocenters. The topological polar surface area (TPSA) is 88.9 Å². The van der Waals surface area contributed by atoms with Crippen molar-refractivity contribution in [2.45, 2.75) is 26.8 Å². The van der Waals surface area contributed by atoms with E-state index in [1.165, 1.54) is 7.05 Å². The van der Waals surface area contributed by atoms with Crippen LogP contribution in [0.1, 0.15) is 34.7 Å². The van der Waals surface area contributed by atoms with E-state index in [4.69, 9.17) is 4.74 Å². The molecule has 1 aromatic heterocycles. The van der Waals surface area contributed by atoms with E-state index in [9.17, 15) is 19.2 Å². The number of urea groups is 1. The van der Waals surface area contributed by atoms with Gasteiger partial charge in [-0.15, -0.1) is 0 Å². The number of likely N-dealkylation sites (N-methyl/N-ethyl adjacent to an activating group) is 1. The van der Waals surface area contributed by atoms with Gasteiger partial charge in [0.05, 0.1) is 19.2 Å². The van der Waals surface area contributed by atoms with Crippen LogP contribution < -0.4 is 0 Å². The van der Waals surface area contributed by atoms with E-state index in [-0.39, 0.29) is 11.8 Å². The smallest absolute Gasteiger partial charge is 0.334 e. The van der Waals surface area contributed by atoms with Crippen LogP contribution in [0.4, 0.5) is 4.79 Å². The van der Waals surface area contributed by atoms with Gasteiger partial charge in [-0.05, 0) is 26.8 Å². The van der Waals surface area contributed by atoms with E-state index in [2.05, 4.69) is 0 Å². The normalized spacial score (nSPS) is 16.3. The standard InChI is InChI=1S/C16H21N3O5/c1-9-6-12(11(3)19(9)10(2)8-24-5)13(20)7-18-15(22)14(21)17(4)16(18)23/h6,10H,7-8H2,1-5H3/t10-/m1/s1. The molecule has 0 spiro atoms. The van der Waals surface area contributed by atoms with E-state index < -0.39 is 24.4 Å². The second kappa shape index (κ2) is 6.56. The zero-order valence-corrected chi connectivity index (χ0v) is 14.5. The number of hydrogen-bond acceptors (Lipinski definition) is 5. The molecule has 2 heterocycles. The number of imide groups is 2. The highest BCUT2D eigenvalue weighted by Gasteiger charge is 2.43. The minimum Gasteiger partial charge on any atom is -0.383 e. The Balaban J connectivity index is 2.25. The fourth-order valence-electron chi connectivity index (χ4n) is 3.04. The molecular weight excluding hydrogens is 314 g/mol. The van der Waals surface area contributed by atoms with Crippen molar-refractivity contribution in [1.82, 2.24) is 14.4 Å². The first kappa shape index (κ1) is 17.9. The third-order valence-electron chi connectivity index (χ3n) is 4.19. The van der Waals surface area contributed by atoms with Crippen LogP contribution in [0, 0.1) is 13.8 Å². The zero-order chi connectivity index (χ0) is 18.2. The number of methoxy groups -OCH3 is 1. The Bertz CT molecular complexity index is 722. The second-order valence-electron chi connectivity index (χ2n) is 5.92. The Morgan fingerprint density at radius 2 is 1.83 bits per heavy atom. The maximum atomic E-state index is 12.6. The highest BCUT2D eigenvalue weighted by molar-refractivity contribution is 6.45. The molecule has 1 saturated heterocycles. The largest absolute Gasteiger partial charge is 0.383 e. The number of hydrogen-bond donors (Lipinski definition) is 0. The number of carbonyl (C=O) groups excluding carboxylic acids is 4. The average molecular weight is 335 g/mol. The van der Waals surface area contributed by atoms with E-state index in [1.807, 2.05) is 18.4 Å². The van der Waals surface area contributed by atoms with Crippen LogP contribution >= 0.6 is 0 Å². The maximum absolute atomic E-state index is 12.6. The lowest BCUT2D eigenvalue weighted by molar-refractivity contribution is -0.142. The molecule has 0 bridgehead atoms. The summed E-state index contributed by atoms with van der Waals surface area (Å²) in [7, 11) is 2.82. The number of rotatable bonds is 6. The van der Waals surface area contributed by atoms with Gasteiger partial charge in [-0.1, -0.05) is 0 Å². The molecule has 0 saturated carbocycles. The van der Waals surface area contributed by atoms with Crippen LogP contribution in [0.25, 0.3) is 0 Å². The van der Waals surface area contributed by atoms with Crippen molar-refractivity contribution in [2.75, 3.05) is 27.3 Å². The second-order valence-corrected chi connectivity index (χ2v) is 5.92. The first-order valence-electron chi connectivity index (χ1n) is 7.54. The molecular formula is C16H21N3O5. The van der Waals surface area contributed by atoms with Crippen molar-refractivity contribution in [3.05, 3.63) is 23.0 Å². The fraction of sp³-hybridized carbons (Fsp3) is 0.500. The van der Waals surface area contributed by atoms with Crippen LogP contribution in [-0.4, -0.2) is 65.3 Å². The summed E-state index contributed by atoms with van der Waals surface area (Å²) in [4.78, 5) is 49.1. The van der Waals surface area contributed by atoms with Crippen LogP contribution in [0.3, 0.4) is 0 Å². The molecule has 4 amide bonds. The SMILES string of the molecule is COC[C@@H](C)n1c(C)cc(C(=O)CN2C(=O)C(=O)N(C)C2=O)c1C. The van der Waals surface area contributed by atoms with Crippen molar-refractivity contribution in [3.63, 3.8) is 0 Å². The molecule has 1 aliphatic rings. The van der Waals surface area contributed by atoms with E-state index in [0.717, 1.165) is 11.4 Å². The number of amides is 4. The van der Waals surface area contributed by atoms with Gasteiger partial charge in [-0.2, -0.15) is 0 Å². The summed E-state index contributed by atoms with van der Waals surface area (Å²) in [5.74, 6) is -2.28. The van der Waals surface area contributed by atoms with Gasteiger partial charge in [-0.25, -0.2) is 9.69 Å². The summed E-state index contributed by atoms with van der Waals surface area (Å²) in [6.07, 6.45) is 0. The molecule has 0 N–H and O–H groups in total. The molecule has 2 rings (SSSR count). The number of aromatic nitrogens is 1. The van der Waals surface area contributed by atoms with Gasteiger partial charge in [0, 0.05) is 31.1 Å². The summed E-state index contributed by atoms with van der Waals surface area (Å²) in [5.41, 5.74) is 2.05. The lowest BCUT2D eigenvalue weighted by Crippen LogP contribution is -2.36.